The number of hydrogen-bond acceptors (Lipinski definition) is 9. The molecule has 0 unspecified atom stereocenters. The SMILES string of the molecule is NCc1ccc(NC(=O)c2cc3c(cc2-c2ccc(C(=O)NC[C@H](O)CO)nc2C(=O)O)OCCc2ccsc2-3)cc1. The van der Waals surface area contributed by atoms with Crippen molar-refractivity contribution in [3.63, 3.8) is 0 Å². The van der Waals surface area contributed by atoms with Crippen molar-refractivity contribution < 1.29 is 34.4 Å². The van der Waals surface area contributed by atoms with Gasteiger partial charge < -0.3 is 36.4 Å². The highest BCUT2D eigenvalue weighted by molar-refractivity contribution is 7.13. The summed E-state index contributed by atoms with van der Waals surface area (Å²) in [6, 6.07) is 15.2. The van der Waals surface area contributed by atoms with Crippen LogP contribution in [0, 0.1) is 0 Å². The van der Waals surface area contributed by atoms with Crippen molar-refractivity contribution >= 4 is 34.8 Å². The van der Waals surface area contributed by atoms with E-state index in [0.29, 0.717) is 36.6 Å². The van der Waals surface area contributed by atoms with Gasteiger partial charge in [-0.1, -0.05) is 12.1 Å². The fourth-order valence-corrected chi connectivity index (χ4v) is 5.56. The first-order chi connectivity index (χ1) is 20.3. The number of benzene rings is 2. The number of pyridine rings is 1. The van der Waals surface area contributed by atoms with Crippen LogP contribution in [0.5, 0.6) is 5.75 Å². The number of fused-ring (bicyclic) bond motifs is 3. The summed E-state index contributed by atoms with van der Waals surface area (Å²) in [7, 11) is 0. The number of ether oxygens (including phenoxy) is 1. The highest BCUT2D eigenvalue weighted by Gasteiger charge is 2.26. The predicted molar refractivity (Wildman–Crippen MR) is 157 cm³/mol. The van der Waals surface area contributed by atoms with E-state index in [0.717, 1.165) is 16.0 Å². The van der Waals surface area contributed by atoms with Gasteiger partial charge in [0.2, 0.25) is 0 Å². The van der Waals surface area contributed by atoms with Crippen LogP contribution in [-0.4, -0.2) is 63.9 Å². The van der Waals surface area contributed by atoms with E-state index in [9.17, 15) is 24.6 Å². The number of carbonyl (C=O) groups is 3. The Morgan fingerprint density at radius 2 is 1.81 bits per heavy atom. The van der Waals surface area contributed by atoms with E-state index in [-0.39, 0.29) is 28.9 Å². The molecule has 2 amide bonds. The van der Waals surface area contributed by atoms with Crippen molar-refractivity contribution in [2.45, 2.75) is 19.1 Å². The highest BCUT2D eigenvalue weighted by atomic mass is 32.1. The minimum atomic E-state index is -1.41. The van der Waals surface area contributed by atoms with Crippen molar-refractivity contribution in [2.24, 2.45) is 5.73 Å². The number of nitrogens with zero attached hydrogens (tertiary/aromatic N) is 1. The standard InChI is InChI=1S/C30H28N4O7S/c31-13-16-1-3-18(4-2-16)33-28(37)22-11-23-25(41-9-7-17-8-10-42-27(17)23)12-21(22)20-5-6-24(34-26(20)30(39)40)29(38)32-14-19(36)15-35/h1-6,8,10-12,19,35-36H,7,9,13-15,31H2,(H,32,38)(H,33,37)(H,39,40)/t19-/m0/s1. The number of aromatic nitrogens is 1. The number of nitrogens with two attached hydrogens (primary N) is 1. The molecule has 0 saturated heterocycles. The molecule has 7 N–H and O–H groups in total. The lowest BCUT2D eigenvalue weighted by Gasteiger charge is -2.17. The molecule has 12 heteroatoms. The van der Waals surface area contributed by atoms with E-state index in [1.807, 2.05) is 11.4 Å². The average Bonchev–Trinajstić information content (AvgIpc) is 3.40. The fourth-order valence-electron chi connectivity index (χ4n) is 4.58. The van der Waals surface area contributed by atoms with Crippen LogP contribution in [0.15, 0.2) is 60.0 Å². The molecule has 0 fully saturated rings. The van der Waals surface area contributed by atoms with Crippen LogP contribution in [0.1, 0.15) is 42.5 Å². The summed E-state index contributed by atoms with van der Waals surface area (Å²) in [6.07, 6.45) is -0.502. The normalized spacial score (nSPS) is 12.7. The summed E-state index contributed by atoms with van der Waals surface area (Å²) in [5, 5.41) is 35.9. The van der Waals surface area contributed by atoms with E-state index < -0.39 is 36.2 Å². The molecule has 4 aromatic rings. The average molecular weight is 589 g/mol. The zero-order valence-electron chi connectivity index (χ0n) is 22.3. The number of amides is 2. The number of nitrogens with one attached hydrogen (secondary N) is 2. The van der Waals surface area contributed by atoms with Gasteiger partial charge in [0, 0.05) is 52.3 Å². The van der Waals surface area contributed by atoms with Gasteiger partial charge >= 0.3 is 5.97 Å². The van der Waals surface area contributed by atoms with Gasteiger partial charge in [-0.2, -0.15) is 0 Å². The summed E-state index contributed by atoms with van der Waals surface area (Å²) >= 11 is 1.53. The molecular formula is C30H28N4O7S. The first-order valence-corrected chi connectivity index (χ1v) is 14.0. The Balaban J connectivity index is 1.61. The van der Waals surface area contributed by atoms with Crippen LogP contribution < -0.4 is 21.1 Å². The zero-order chi connectivity index (χ0) is 29.8. The topological polar surface area (TPSA) is 184 Å². The minimum Gasteiger partial charge on any atom is -0.493 e. The molecule has 0 saturated carbocycles. The molecule has 0 spiro atoms. The van der Waals surface area contributed by atoms with Crippen molar-refractivity contribution in [1.29, 1.82) is 0 Å². The molecule has 2 aromatic carbocycles. The van der Waals surface area contributed by atoms with Gasteiger partial charge in [-0.25, -0.2) is 9.78 Å². The smallest absolute Gasteiger partial charge is 0.355 e. The second kappa shape index (κ2) is 12.5. The van der Waals surface area contributed by atoms with E-state index in [4.69, 9.17) is 15.6 Å². The van der Waals surface area contributed by atoms with Crippen LogP contribution in [0.2, 0.25) is 0 Å². The Morgan fingerprint density at radius 1 is 1.02 bits per heavy atom. The number of rotatable bonds is 9. The molecule has 216 valence electrons. The highest BCUT2D eigenvalue weighted by Crippen LogP contribution is 2.43. The van der Waals surface area contributed by atoms with Crippen molar-refractivity contribution in [2.75, 3.05) is 25.1 Å². The number of anilines is 1. The monoisotopic (exact) mass is 588 g/mol. The van der Waals surface area contributed by atoms with Gasteiger partial charge in [0.15, 0.2) is 5.69 Å². The third kappa shape index (κ3) is 6.02. The zero-order valence-corrected chi connectivity index (χ0v) is 23.1. The third-order valence-corrected chi connectivity index (χ3v) is 7.75. The van der Waals surface area contributed by atoms with Gasteiger partial charge in [-0.3, -0.25) is 9.59 Å². The number of thiophene rings is 1. The number of carbonyl (C=O) groups excluding carboxylic acids is 2. The Labute approximate surface area is 244 Å². The van der Waals surface area contributed by atoms with Crippen molar-refractivity contribution in [3.05, 3.63) is 88.1 Å². The molecule has 1 atom stereocenters. The van der Waals surface area contributed by atoms with Crippen molar-refractivity contribution in [1.82, 2.24) is 10.3 Å². The van der Waals surface area contributed by atoms with Crippen LogP contribution >= 0.6 is 11.3 Å². The van der Waals surface area contributed by atoms with Crippen LogP contribution in [0.4, 0.5) is 5.69 Å². The molecular weight excluding hydrogens is 560 g/mol. The summed E-state index contributed by atoms with van der Waals surface area (Å²) in [6.45, 7) is -0.0433. The van der Waals surface area contributed by atoms with Crippen LogP contribution in [0.25, 0.3) is 21.6 Å². The van der Waals surface area contributed by atoms with Crippen LogP contribution in [-0.2, 0) is 13.0 Å². The molecule has 42 heavy (non-hydrogen) atoms. The molecule has 0 radical (unpaired) electrons. The number of carboxylic acids is 1. The second-order valence-corrected chi connectivity index (χ2v) is 10.5. The number of hydrogen-bond donors (Lipinski definition) is 6. The minimum absolute atomic E-state index is 0.111. The predicted octanol–water partition coefficient (Wildman–Crippen LogP) is 2.90. The molecule has 3 heterocycles. The van der Waals surface area contributed by atoms with Crippen molar-refractivity contribution in [3.8, 4) is 27.3 Å². The van der Waals surface area contributed by atoms with E-state index in [1.165, 1.54) is 23.5 Å². The number of aliphatic hydroxyl groups is 2. The fraction of sp³-hybridized carbons (Fsp3) is 0.200. The molecule has 0 aliphatic carbocycles. The number of aliphatic hydroxyl groups excluding tert-OH is 2. The third-order valence-electron chi connectivity index (χ3n) is 6.76. The van der Waals surface area contributed by atoms with E-state index in [2.05, 4.69) is 15.6 Å². The van der Waals surface area contributed by atoms with Gasteiger partial charge in [0.05, 0.1) is 19.3 Å². The Hall–Kier alpha value is -4.62. The molecule has 1 aliphatic rings. The van der Waals surface area contributed by atoms with Gasteiger partial charge in [0.25, 0.3) is 11.8 Å². The molecule has 11 nitrogen and oxygen atoms in total. The number of aromatic carboxylic acids is 1. The van der Waals surface area contributed by atoms with Gasteiger partial charge in [-0.05, 0) is 59.0 Å². The summed E-state index contributed by atoms with van der Waals surface area (Å²) < 4.78 is 6.04. The quantitative estimate of drug-likeness (QED) is 0.171. The van der Waals surface area contributed by atoms with E-state index >= 15 is 0 Å². The van der Waals surface area contributed by atoms with Crippen LogP contribution in [0.3, 0.4) is 0 Å². The summed E-state index contributed by atoms with van der Waals surface area (Å²) in [5.41, 5.74) is 8.83. The maximum atomic E-state index is 13.8. The maximum absolute atomic E-state index is 13.8. The lowest BCUT2D eigenvalue weighted by atomic mass is 9.93. The molecule has 2 aromatic heterocycles. The van der Waals surface area contributed by atoms with Gasteiger partial charge in [0.1, 0.15) is 11.4 Å². The summed E-state index contributed by atoms with van der Waals surface area (Å²) in [5.74, 6) is -2.13. The van der Waals surface area contributed by atoms with Gasteiger partial charge in [-0.15, -0.1) is 11.3 Å². The molecule has 0 bridgehead atoms. The lowest BCUT2D eigenvalue weighted by Crippen LogP contribution is -2.34. The molecule has 5 rings (SSSR count). The number of carboxylic acid groups (broad SMARTS) is 1. The van der Waals surface area contributed by atoms with E-state index in [1.54, 1.807) is 36.4 Å². The largest absolute Gasteiger partial charge is 0.493 e. The Morgan fingerprint density at radius 3 is 2.52 bits per heavy atom. The Kier molecular flexibility index (Phi) is 8.59. The molecule has 1 aliphatic heterocycles. The lowest BCUT2D eigenvalue weighted by molar-refractivity contribution is 0.0690. The first kappa shape index (κ1) is 28.9. The summed E-state index contributed by atoms with van der Waals surface area (Å²) in [4.78, 5) is 43.8. The Bertz CT molecular complexity index is 1650. The second-order valence-electron chi connectivity index (χ2n) is 9.57. The maximum Gasteiger partial charge on any atom is 0.355 e. The first-order valence-electron chi connectivity index (χ1n) is 13.1.